The number of carbonyl (C=O) groups is 1. The van der Waals surface area contributed by atoms with Crippen molar-refractivity contribution >= 4 is 5.97 Å². The molecule has 1 aliphatic rings. The number of aryl methyl sites for hydroxylation is 1. The smallest absolute Gasteiger partial charge is 0.306 e. The van der Waals surface area contributed by atoms with Crippen LogP contribution in [0.5, 0.6) is 0 Å². The van der Waals surface area contributed by atoms with Gasteiger partial charge in [-0.3, -0.25) is 14.4 Å². The van der Waals surface area contributed by atoms with Crippen molar-refractivity contribution in [3.05, 3.63) is 17.0 Å². The molecule has 5 nitrogen and oxygen atoms in total. The highest BCUT2D eigenvalue weighted by atomic mass is 16.5. The first-order chi connectivity index (χ1) is 9.38. The van der Waals surface area contributed by atoms with Crippen molar-refractivity contribution in [3.63, 3.8) is 0 Å². The fourth-order valence-electron chi connectivity index (χ4n) is 2.82. The Hall–Kier alpha value is -1.36. The highest BCUT2D eigenvalue weighted by molar-refractivity contribution is 5.71. The molecule has 20 heavy (non-hydrogen) atoms. The summed E-state index contributed by atoms with van der Waals surface area (Å²) in [5.74, 6) is -0.0663. The van der Waals surface area contributed by atoms with Gasteiger partial charge in [0.2, 0.25) is 0 Å². The maximum absolute atomic E-state index is 11.1. The van der Waals surface area contributed by atoms with E-state index in [0.717, 1.165) is 25.2 Å². The van der Waals surface area contributed by atoms with Gasteiger partial charge in [-0.25, -0.2) is 0 Å². The van der Waals surface area contributed by atoms with Crippen LogP contribution >= 0.6 is 0 Å². The van der Waals surface area contributed by atoms with Crippen LogP contribution in [0.15, 0.2) is 0 Å². The topological polar surface area (TPSA) is 47.4 Å². The van der Waals surface area contributed by atoms with Crippen LogP contribution in [-0.4, -0.2) is 40.3 Å². The van der Waals surface area contributed by atoms with Gasteiger partial charge < -0.3 is 4.74 Å². The molecule has 0 saturated carbocycles. The predicted octanol–water partition coefficient (Wildman–Crippen LogP) is 2.22. The molecule has 5 heteroatoms. The number of rotatable bonds is 5. The molecule has 1 fully saturated rings. The van der Waals surface area contributed by atoms with Crippen LogP contribution in [0.3, 0.4) is 0 Å². The number of likely N-dealkylation sites (N-methyl/N-ethyl adjacent to an activating group) is 1. The average Bonchev–Trinajstić information content (AvgIpc) is 2.87. The average molecular weight is 279 g/mol. The number of aromatic nitrogens is 2. The van der Waals surface area contributed by atoms with Crippen molar-refractivity contribution in [1.29, 1.82) is 0 Å². The van der Waals surface area contributed by atoms with E-state index in [1.54, 1.807) is 0 Å². The first kappa shape index (κ1) is 15.0. The minimum Gasteiger partial charge on any atom is -0.461 e. The first-order valence-electron chi connectivity index (χ1n) is 7.31. The lowest BCUT2D eigenvalue weighted by Crippen LogP contribution is -2.29. The Morgan fingerprint density at radius 3 is 2.65 bits per heavy atom. The Balaban J connectivity index is 2.00. The van der Waals surface area contributed by atoms with Crippen molar-refractivity contribution < 1.29 is 9.53 Å². The molecule has 0 aromatic carbocycles. The number of carbonyl (C=O) groups excluding carboxylic acids is 1. The molecule has 0 spiro atoms. The van der Waals surface area contributed by atoms with E-state index in [1.807, 2.05) is 0 Å². The number of nitrogens with zero attached hydrogens (tertiary/aromatic N) is 3. The maximum atomic E-state index is 11.1. The van der Waals surface area contributed by atoms with Crippen molar-refractivity contribution in [2.75, 3.05) is 13.6 Å². The van der Waals surface area contributed by atoms with Gasteiger partial charge in [-0.2, -0.15) is 5.10 Å². The summed E-state index contributed by atoms with van der Waals surface area (Å²) in [6, 6.07) is 0.378. The Morgan fingerprint density at radius 2 is 2.15 bits per heavy atom. The molecular weight excluding hydrogens is 254 g/mol. The lowest BCUT2D eigenvalue weighted by molar-refractivity contribution is -0.141. The number of cyclic esters (lactones) is 1. The second-order valence-electron chi connectivity index (χ2n) is 6.03. The third-order valence-corrected chi connectivity index (χ3v) is 3.88. The zero-order valence-corrected chi connectivity index (χ0v) is 13.1. The molecule has 0 aliphatic carbocycles. The summed E-state index contributed by atoms with van der Waals surface area (Å²) in [6.45, 7) is 10.1. The van der Waals surface area contributed by atoms with E-state index < -0.39 is 0 Å². The molecule has 2 rings (SSSR count). The minimum atomic E-state index is -0.0663. The highest BCUT2D eigenvalue weighted by Gasteiger charge is 2.25. The van der Waals surface area contributed by atoms with Crippen LogP contribution in [-0.2, 0) is 16.1 Å². The number of hydrogen-bond donors (Lipinski definition) is 0. The maximum Gasteiger partial charge on any atom is 0.306 e. The Bertz CT molecular complexity index is 494. The van der Waals surface area contributed by atoms with Gasteiger partial charge in [0.15, 0.2) is 0 Å². The van der Waals surface area contributed by atoms with Crippen molar-refractivity contribution in [1.82, 2.24) is 14.7 Å². The normalized spacial score (nSPS) is 19.1. The van der Waals surface area contributed by atoms with Gasteiger partial charge in [-0.05, 0) is 41.2 Å². The molecule has 2 heterocycles. The Labute approximate surface area is 120 Å². The largest absolute Gasteiger partial charge is 0.461 e. The van der Waals surface area contributed by atoms with E-state index in [2.05, 4.69) is 49.4 Å². The molecule has 1 saturated heterocycles. The lowest BCUT2D eigenvalue weighted by atomic mass is 10.1. The molecule has 1 aliphatic heterocycles. The summed E-state index contributed by atoms with van der Waals surface area (Å²) in [4.78, 5) is 13.3. The molecule has 1 aromatic heterocycles. The fraction of sp³-hybridized carbons (Fsp3) is 0.733. The summed E-state index contributed by atoms with van der Waals surface area (Å²) in [6.07, 6.45) is 1.45. The number of hydrogen-bond acceptors (Lipinski definition) is 4. The van der Waals surface area contributed by atoms with Crippen LogP contribution in [0.4, 0.5) is 0 Å². The van der Waals surface area contributed by atoms with E-state index in [-0.39, 0.29) is 12.1 Å². The van der Waals surface area contributed by atoms with Gasteiger partial charge in [-0.1, -0.05) is 0 Å². The summed E-state index contributed by atoms with van der Waals surface area (Å²) in [7, 11) is 2.07. The van der Waals surface area contributed by atoms with Crippen LogP contribution in [0.1, 0.15) is 49.7 Å². The van der Waals surface area contributed by atoms with E-state index in [1.165, 1.54) is 11.3 Å². The summed E-state index contributed by atoms with van der Waals surface area (Å²) in [5.41, 5.74) is 3.60. The molecule has 112 valence electrons. The molecular formula is C15H25N3O2. The van der Waals surface area contributed by atoms with Crippen LogP contribution in [0.2, 0.25) is 0 Å². The van der Waals surface area contributed by atoms with E-state index in [9.17, 15) is 4.79 Å². The number of ether oxygens (including phenoxy) is 1. The molecule has 0 amide bonds. The standard InChI is InChI=1S/C15H25N3O2/c1-10(2)18-12(4)14(11(3)16-18)9-17(5)8-13-6-7-15(19)20-13/h10,13H,6-9H2,1-5H3. The van der Waals surface area contributed by atoms with E-state index in [0.29, 0.717) is 12.5 Å². The van der Waals surface area contributed by atoms with Crippen LogP contribution in [0.25, 0.3) is 0 Å². The third kappa shape index (κ3) is 3.20. The quantitative estimate of drug-likeness (QED) is 0.775. The molecule has 0 radical (unpaired) electrons. The molecule has 0 bridgehead atoms. The molecule has 1 atom stereocenters. The second-order valence-corrected chi connectivity index (χ2v) is 6.03. The van der Waals surface area contributed by atoms with Crippen molar-refractivity contribution in [3.8, 4) is 0 Å². The SMILES string of the molecule is Cc1nn(C(C)C)c(C)c1CN(C)CC1CCC(=O)O1. The zero-order valence-electron chi connectivity index (χ0n) is 13.1. The lowest BCUT2D eigenvalue weighted by Gasteiger charge is -2.20. The number of esters is 1. The second kappa shape index (κ2) is 5.95. The van der Waals surface area contributed by atoms with Crippen molar-refractivity contribution in [2.45, 2.75) is 59.2 Å². The van der Waals surface area contributed by atoms with Crippen LogP contribution in [0, 0.1) is 13.8 Å². The van der Waals surface area contributed by atoms with Gasteiger partial charge >= 0.3 is 5.97 Å². The highest BCUT2D eigenvalue weighted by Crippen LogP contribution is 2.20. The van der Waals surface area contributed by atoms with Gasteiger partial charge in [0, 0.05) is 36.8 Å². The Morgan fingerprint density at radius 1 is 1.45 bits per heavy atom. The van der Waals surface area contributed by atoms with Gasteiger partial charge in [-0.15, -0.1) is 0 Å². The first-order valence-corrected chi connectivity index (χ1v) is 7.31. The zero-order chi connectivity index (χ0) is 14.9. The predicted molar refractivity (Wildman–Crippen MR) is 77.5 cm³/mol. The summed E-state index contributed by atoms with van der Waals surface area (Å²) < 4.78 is 7.35. The van der Waals surface area contributed by atoms with Gasteiger partial charge in [0.1, 0.15) is 6.10 Å². The summed E-state index contributed by atoms with van der Waals surface area (Å²) >= 11 is 0. The van der Waals surface area contributed by atoms with Crippen molar-refractivity contribution in [2.24, 2.45) is 0 Å². The van der Waals surface area contributed by atoms with E-state index in [4.69, 9.17) is 4.74 Å². The molecule has 1 unspecified atom stereocenters. The van der Waals surface area contributed by atoms with E-state index >= 15 is 0 Å². The van der Waals surface area contributed by atoms with Crippen LogP contribution < -0.4 is 0 Å². The minimum absolute atomic E-state index is 0.0493. The summed E-state index contributed by atoms with van der Waals surface area (Å²) in [5, 5.41) is 4.61. The monoisotopic (exact) mass is 279 g/mol. The molecule has 0 N–H and O–H groups in total. The fourth-order valence-corrected chi connectivity index (χ4v) is 2.82. The third-order valence-electron chi connectivity index (χ3n) is 3.88. The van der Waals surface area contributed by atoms with Gasteiger partial charge in [0.05, 0.1) is 5.69 Å². The van der Waals surface area contributed by atoms with Gasteiger partial charge in [0.25, 0.3) is 0 Å². The molecule has 1 aromatic rings. The Kier molecular flexibility index (Phi) is 4.48.